The summed E-state index contributed by atoms with van der Waals surface area (Å²) in [5.74, 6) is 0.643. The van der Waals surface area contributed by atoms with Gasteiger partial charge in [-0.1, -0.05) is 41.9 Å². The molecule has 0 bridgehead atoms. The minimum absolute atomic E-state index is 0.128. The van der Waals surface area contributed by atoms with E-state index in [-0.39, 0.29) is 16.3 Å². The molecule has 0 saturated heterocycles. The van der Waals surface area contributed by atoms with E-state index in [0.717, 1.165) is 12.1 Å². The Morgan fingerprint density at radius 1 is 0.966 bits per heavy atom. The van der Waals surface area contributed by atoms with Gasteiger partial charge >= 0.3 is 0 Å². The highest BCUT2D eigenvalue weighted by molar-refractivity contribution is 6.32. The van der Waals surface area contributed by atoms with Crippen LogP contribution in [0, 0.1) is 0 Å². The summed E-state index contributed by atoms with van der Waals surface area (Å²) in [5.41, 5.74) is 0.625. The highest BCUT2D eigenvalue weighted by Crippen LogP contribution is 2.22. The van der Waals surface area contributed by atoms with E-state index in [1.807, 2.05) is 49.3 Å². The van der Waals surface area contributed by atoms with Gasteiger partial charge in [0.25, 0.3) is 11.1 Å². The standard InChI is InChI=1S/C22H22ClN3O3/c1-26(2)10-11-29-17-9-8-16(18(23)14-17)13-20-22(28)24-19(21(27)25-20)12-15-6-4-3-5-7-15/h3-9,12-14H,10-11H2,1-2H3,(H,24,28)(H,25,27). The lowest BCUT2D eigenvalue weighted by atomic mass is 10.2. The minimum atomic E-state index is -0.408. The molecule has 7 heteroatoms. The SMILES string of the molecule is CN(C)CCOc1ccc(C=c2[nH]c(=O)c(=Cc3ccccc3)[nH]c2=O)c(Cl)c1. The molecule has 0 aliphatic rings. The number of rotatable bonds is 6. The fraction of sp³-hybridized carbons (Fsp3) is 0.182. The van der Waals surface area contributed by atoms with Crippen molar-refractivity contribution in [2.45, 2.75) is 0 Å². The Kier molecular flexibility index (Phi) is 6.69. The summed E-state index contributed by atoms with van der Waals surface area (Å²) in [6, 6.07) is 14.5. The Labute approximate surface area is 172 Å². The van der Waals surface area contributed by atoms with Gasteiger partial charge in [-0.25, -0.2) is 0 Å². The molecule has 0 fully saturated rings. The zero-order valence-electron chi connectivity index (χ0n) is 16.2. The van der Waals surface area contributed by atoms with Crippen LogP contribution in [-0.4, -0.2) is 42.1 Å². The molecular weight excluding hydrogens is 390 g/mol. The first kappa shape index (κ1) is 20.6. The summed E-state index contributed by atoms with van der Waals surface area (Å²) in [6.45, 7) is 1.33. The maximum Gasteiger partial charge on any atom is 0.272 e. The van der Waals surface area contributed by atoms with Gasteiger partial charge in [0.2, 0.25) is 0 Å². The molecule has 150 valence electrons. The quantitative estimate of drug-likeness (QED) is 0.641. The van der Waals surface area contributed by atoms with Gasteiger partial charge in [0.05, 0.1) is 5.02 Å². The topological polar surface area (TPSA) is 78.2 Å². The Hall–Kier alpha value is -3.09. The van der Waals surface area contributed by atoms with Crippen molar-refractivity contribution in [2.24, 2.45) is 0 Å². The van der Waals surface area contributed by atoms with Crippen LogP contribution < -0.4 is 26.6 Å². The monoisotopic (exact) mass is 411 g/mol. The zero-order chi connectivity index (χ0) is 20.8. The van der Waals surface area contributed by atoms with Crippen LogP contribution in [0.25, 0.3) is 12.2 Å². The van der Waals surface area contributed by atoms with E-state index in [1.54, 1.807) is 30.4 Å². The lowest BCUT2D eigenvalue weighted by molar-refractivity contribution is 0.261. The Balaban J connectivity index is 1.91. The Morgan fingerprint density at radius 2 is 1.62 bits per heavy atom. The maximum atomic E-state index is 12.4. The molecule has 0 amide bonds. The number of aromatic amines is 2. The second kappa shape index (κ2) is 9.41. The lowest BCUT2D eigenvalue weighted by Gasteiger charge is -2.11. The predicted molar refractivity (Wildman–Crippen MR) is 116 cm³/mol. The maximum absolute atomic E-state index is 12.4. The first-order chi connectivity index (χ1) is 13.9. The van der Waals surface area contributed by atoms with Crippen LogP contribution in [-0.2, 0) is 0 Å². The van der Waals surface area contributed by atoms with Gasteiger partial charge in [0.15, 0.2) is 0 Å². The fourth-order valence-corrected chi connectivity index (χ4v) is 2.85. The van der Waals surface area contributed by atoms with Gasteiger partial charge in [-0.2, -0.15) is 0 Å². The number of ether oxygens (including phenoxy) is 1. The summed E-state index contributed by atoms with van der Waals surface area (Å²) in [6.07, 6.45) is 3.16. The van der Waals surface area contributed by atoms with Crippen LogP contribution in [0.4, 0.5) is 0 Å². The van der Waals surface area contributed by atoms with Crippen molar-refractivity contribution in [2.75, 3.05) is 27.2 Å². The molecule has 1 heterocycles. The van der Waals surface area contributed by atoms with Gasteiger partial charge in [0.1, 0.15) is 23.1 Å². The van der Waals surface area contributed by atoms with E-state index < -0.39 is 5.56 Å². The van der Waals surface area contributed by atoms with E-state index in [2.05, 4.69) is 9.97 Å². The number of hydrogen-bond donors (Lipinski definition) is 2. The fourth-order valence-electron chi connectivity index (χ4n) is 2.63. The number of nitrogens with one attached hydrogen (secondary N) is 2. The number of likely N-dealkylation sites (N-methyl/N-ethyl adjacent to an activating group) is 1. The van der Waals surface area contributed by atoms with Crippen LogP contribution >= 0.6 is 11.6 Å². The first-order valence-corrected chi connectivity index (χ1v) is 9.48. The summed E-state index contributed by atoms with van der Waals surface area (Å²) < 4.78 is 5.65. The molecule has 0 unspecified atom stereocenters. The van der Waals surface area contributed by atoms with Gasteiger partial charge < -0.3 is 19.6 Å². The van der Waals surface area contributed by atoms with Gasteiger partial charge in [-0.15, -0.1) is 0 Å². The third kappa shape index (κ3) is 5.70. The molecule has 0 atom stereocenters. The van der Waals surface area contributed by atoms with Crippen LogP contribution in [0.2, 0.25) is 5.02 Å². The van der Waals surface area contributed by atoms with Gasteiger partial charge in [-0.05, 0) is 55.6 Å². The highest BCUT2D eigenvalue weighted by atomic mass is 35.5. The Morgan fingerprint density at radius 3 is 2.24 bits per heavy atom. The largest absolute Gasteiger partial charge is 0.492 e. The summed E-state index contributed by atoms with van der Waals surface area (Å²) >= 11 is 6.32. The molecule has 2 aromatic carbocycles. The van der Waals surface area contributed by atoms with E-state index in [1.165, 1.54) is 0 Å². The number of H-pyrrole nitrogens is 2. The molecule has 6 nitrogen and oxygen atoms in total. The van der Waals surface area contributed by atoms with Crippen molar-refractivity contribution in [3.63, 3.8) is 0 Å². The van der Waals surface area contributed by atoms with Crippen LogP contribution in [0.1, 0.15) is 11.1 Å². The molecule has 1 aromatic heterocycles. The number of aromatic nitrogens is 2. The number of benzene rings is 2. The predicted octanol–water partition coefficient (Wildman–Crippen LogP) is 1.31. The van der Waals surface area contributed by atoms with Crippen molar-refractivity contribution in [1.29, 1.82) is 0 Å². The van der Waals surface area contributed by atoms with Crippen molar-refractivity contribution in [3.05, 3.63) is 96.1 Å². The van der Waals surface area contributed by atoms with Crippen LogP contribution in [0.5, 0.6) is 5.75 Å². The molecule has 29 heavy (non-hydrogen) atoms. The smallest absolute Gasteiger partial charge is 0.272 e. The number of hydrogen-bond acceptors (Lipinski definition) is 4. The molecule has 2 N–H and O–H groups in total. The number of nitrogens with zero attached hydrogens (tertiary/aromatic N) is 1. The molecule has 0 aliphatic heterocycles. The zero-order valence-corrected chi connectivity index (χ0v) is 17.0. The Bertz CT molecular complexity index is 1210. The van der Waals surface area contributed by atoms with E-state index in [4.69, 9.17) is 16.3 Å². The van der Waals surface area contributed by atoms with Crippen LogP contribution in [0.15, 0.2) is 58.1 Å². The second-order valence-corrected chi connectivity index (χ2v) is 7.18. The van der Waals surface area contributed by atoms with Gasteiger partial charge in [0, 0.05) is 6.54 Å². The molecule has 3 rings (SSSR count). The lowest BCUT2D eigenvalue weighted by Crippen LogP contribution is -2.46. The van der Waals surface area contributed by atoms with Crippen molar-refractivity contribution < 1.29 is 4.74 Å². The van der Waals surface area contributed by atoms with Crippen LogP contribution in [0.3, 0.4) is 0 Å². The van der Waals surface area contributed by atoms with Gasteiger partial charge in [-0.3, -0.25) is 9.59 Å². The summed E-state index contributed by atoms with van der Waals surface area (Å²) in [4.78, 5) is 32.0. The van der Waals surface area contributed by atoms with E-state index in [0.29, 0.717) is 22.9 Å². The third-order valence-corrected chi connectivity index (χ3v) is 4.50. The molecule has 0 spiro atoms. The molecular formula is C22H22ClN3O3. The second-order valence-electron chi connectivity index (χ2n) is 6.77. The average Bonchev–Trinajstić information content (AvgIpc) is 2.68. The minimum Gasteiger partial charge on any atom is -0.492 e. The van der Waals surface area contributed by atoms with Crippen molar-refractivity contribution in [1.82, 2.24) is 14.9 Å². The average molecular weight is 412 g/mol. The van der Waals surface area contributed by atoms with Crippen molar-refractivity contribution in [3.8, 4) is 5.75 Å². The molecule has 0 radical (unpaired) electrons. The molecule has 0 aliphatic carbocycles. The van der Waals surface area contributed by atoms with Crippen molar-refractivity contribution >= 4 is 23.8 Å². The molecule has 0 saturated carbocycles. The van der Waals surface area contributed by atoms with E-state index >= 15 is 0 Å². The first-order valence-electron chi connectivity index (χ1n) is 9.10. The third-order valence-electron chi connectivity index (χ3n) is 4.18. The number of halogens is 1. The van der Waals surface area contributed by atoms with E-state index in [9.17, 15) is 9.59 Å². The highest BCUT2D eigenvalue weighted by Gasteiger charge is 2.03. The normalized spacial score (nSPS) is 12.6. The molecule has 3 aromatic rings. The summed E-state index contributed by atoms with van der Waals surface area (Å²) in [5, 5.41) is 0.741. The summed E-state index contributed by atoms with van der Waals surface area (Å²) in [7, 11) is 3.94.